The molecule has 2 saturated carbocycles. The summed E-state index contributed by atoms with van der Waals surface area (Å²) in [5, 5.41) is 22.3. The monoisotopic (exact) mass is 792 g/mol. The first-order valence-corrected chi connectivity index (χ1v) is 19.2. The number of nitrogens with zero attached hydrogens (tertiary/aromatic N) is 6. The number of carbonyl (C=O) groups is 4. The molecule has 0 aromatic carbocycles. The van der Waals surface area contributed by atoms with E-state index >= 15 is 0 Å². The van der Waals surface area contributed by atoms with E-state index in [0.717, 1.165) is 51.4 Å². The fraction of sp³-hybridized carbons (Fsp3) is 0.667. The molecule has 2 aromatic rings. The van der Waals surface area contributed by atoms with E-state index < -0.39 is 47.5 Å². The highest BCUT2D eigenvalue weighted by Crippen LogP contribution is 2.31. The third kappa shape index (κ3) is 14.1. The molecule has 0 bridgehead atoms. The summed E-state index contributed by atoms with van der Waals surface area (Å²) >= 11 is 0. The van der Waals surface area contributed by atoms with Crippen LogP contribution in [0.25, 0.3) is 0 Å². The summed E-state index contributed by atoms with van der Waals surface area (Å²) in [6, 6.07) is 0. The van der Waals surface area contributed by atoms with Crippen molar-refractivity contribution < 1.29 is 38.2 Å². The number of aryl methyl sites for hydroxylation is 2. The summed E-state index contributed by atoms with van der Waals surface area (Å²) in [5.74, 6) is -1.66. The van der Waals surface area contributed by atoms with Crippen LogP contribution in [0.2, 0.25) is 0 Å². The Balaban J connectivity index is 0.000000300. The van der Waals surface area contributed by atoms with Gasteiger partial charge in [0.05, 0.1) is 11.8 Å². The smallest absolute Gasteiger partial charge is 0.404 e. The van der Waals surface area contributed by atoms with Gasteiger partial charge in [-0.3, -0.25) is 31.3 Å². The van der Waals surface area contributed by atoms with E-state index in [2.05, 4.69) is 52.3 Å². The molecule has 0 aliphatic heterocycles. The van der Waals surface area contributed by atoms with Gasteiger partial charge in [0.1, 0.15) is 11.6 Å². The number of nitrogens with one attached hydrogen (secondary N) is 6. The second kappa shape index (κ2) is 22.3. The Morgan fingerprint density at radius 3 is 1.30 bits per heavy atom. The molecule has 0 unspecified atom stereocenters. The van der Waals surface area contributed by atoms with Gasteiger partial charge < -0.3 is 30.6 Å². The van der Waals surface area contributed by atoms with Crippen LogP contribution in [0.15, 0.2) is 0 Å². The minimum atomic E-state index is -1.18. The zero-order valence-electron chi connectivity index (χ0n) is 33.2. The average Bonchev–Trinajstić information content (AvgIpc) is 3.89. The number of anilines is 4. The molecule has 4 amide bonds. The van der Waals surface area contributed by atoms with Crippen LogP contribution in [0, 0.1) is 49.2 Å². The van der Waals surface area contributed by atoms with Crippen LogP contribution in [-0.4, -0.2) is 94.4 Å². The fourth-order valence-corrected chi connectivity index (χ4v) is 6.79. The summed E-state index contributed by atoms with van der Waals surface area (Å²) in [5.41, 5.74) is 10.0. The van der Waals surface area contributed by atoms with Crippen molar-refractivity contribution in [1.29, 1.82) is 0 Å². The number of hydrazine groups is 2. The van der Waals surface area contributed by atoms with E-state index in [1.54, 1.807) is 37.7 Å². The standard InChI is InChI=1S/2C18H29FN6O3/c2*1-4-25(3)16-14(19)15(21-11(2)22-16)23-24-17(26)13(10-20-18(27)28)9-12-7-5-6-8-12/h2*12-13,20H,4-10H2,1-3H3,(H,24,26)(H,27,28)(H,21,22,23)/t2*13-/m11/s1. The molecule has 2 atom stereocenters. The van der Waals surface area contributed by atoms with E-state index in [4.69, 9.17) is 10.2 Å². The summed E-state index contributed by atoms with van der Waals surface area (Å²) in [6.07, 6.45) is 7.48. The van der Waals surface area contributed by atoms with Crippen molar-refractivity contribution in [3.8, 4) is 0 Å². The number of rotatable bonds is 18. The third-order valence-corrected chi connectivity index (χ3v) is 10.1. The van der Waals surface area contributed by atoms with Gasteiger partial charge in [0, 0.05) is 40.3 Å². The lowest BCUT2D eigenvalue weighted by molar-refractivity contribution is -0.125. The van der Waals surface area contributed by atoms with Crippen LogP contribution in [0.3, 0.4) is 0 Å². The highest BCUT2D eigenvalue weighted by Gasteiger charge is 2.28. The first-order chi connectivity index (χ1) is 26.6. The number of hydrogen-bond donors (Lipinski definition) is 8. The maximum absolute atomic E-state index is 14.7. The second-order valence-corrected chi connectivity index (χ2v) is 14.3. The topological polar surface area (TPSA) is 239 Å². The number of halogens is 2. The number of amides is 4. The molecule has 0 radical (unpaired) electrons. The van der Waals surface area contributed by atoms with Gasteiger partial charge in [0.15, 0.2) is 23.3 Å². The predicted octanol–water partition coefficient (Wildman–Crippen LogP) is 4.57. The van der Waals surface area contributed by atoms with Crippen LogP contribution in [0.4, 0.5) is 41.6 Å². The zero-order valence-corrected chi connectivity index (χ0v) is 33.2. The number of carbonyl (C=O) groups excluding carboxylic acids is 2. The van der Waals surface area contributed by atoms with Gasteiger partial charge >= 0.3 is 12.2 Å². The first kappa shape index (κ1) is 45.1. The molecular weight excluding hydrogens is 734 g/mol. The van der Waals surface area contributed by atoms with Crippen molar-refractivity contribution in [3.05, 3.63) is 23.3 Å². The van der Waals surface area contributed by atoms with Crippen molar-refractivity contribution in [2.75, 3.05) is 60.9 Å². The van der Waals surface area contributed by atoms with Gasteiger partial charge in [-0.05, 0) is 52.4 Å². The molecule has 2 heterocycles. The molecule has 2 aliphatic carbocycles. The van der Waals surface area contributed by atoms with Crippen LogP contribution in [0.1, 0.15) is 89.7 Å². The molecule has 2 fully saturated rings. The van der Waals surface area contributed by atoms with Crippen molar-refractivity contribution in [2.45, 2.75) is 91.9 Å². The molecule has 18 nitrogen and oxygen atoms in total. The molecule has 0 spiro atoms. The van der Waals surface area contributed by atoms with E-state index in [-0.39, 0.29) is 36.4 Å². The summed E-state index contributed by atoms with van der Waals surface area (Å²) < 4.78 is 29.3. The Labute approximate surface area is 326 Å². The Hall–Kier alpha value is -5.30. The van der Waals surface area contributed by atoms with Crippen LogP contribution in [-0.2, 0) is 9.59 Å². The number of aromatic nitrogens is 4. The molecule has 2 aliphatic rings. The summed E-state index contributed by atoms with van der Waals surface area (Å²) in [4.78, 5) is 66.3. The maximum Gasteiger partial charge on any atom is 0.404 e. The van der Waals surface area contributed by atoms with Gasteiger partial charge in [-0.15, -0.1) is 0 Å². The van der Waals surface area contributed by atoms with E-state index in [9.17, 15) is 28.0 Å². The minimum Gasteiger partial charge on any atom is -0.465 e. The fourth-order valence-electron chi connectivity index (χ4n) is 6.79. The minimum absolute atomic E-state index is 0.00839. The number of hydrogen-bond acceptors (Lipinski definition) is 12. The SMILES string of the molecule is CCN(C)c1nc(C)nc(NNC(=O)[C@@H](CNC(=O)O)CC2CCCC2)c1F.CCN(C)c1nc(C)nc(NNC(=O)[C@@H](CNC(=O)O)CC2CCCC2)c1F. The lowest BCUT2D eigenvalue weighted by atomic mass is 9.92. The number of carboxylic acid groups (broad SMARTS) is 2. The average molecular weight is 793 g/mol. The summed E-state index contributed by atoms with van der Waals surface area (Å²) in [7, 11) is 3.42. The zero-order chi connectivity index (χ0) is 41.4. The van der Waals surface area contributed by atoms with Gasteiger partial charge in [-0.1, -0.05) is 51.4 Å². The molecule has 8 N–H and O–H groups in total. The Morgan fingerprint density at radius 2 is 1.00 bits per heavy atom. The highest BCUT2D eigenvalue weighted by molar-refractivity contribution is 5.81. The Morgan fingerprint density at radius 1 is 0.661 bits per heavy atom. The second-order valence-electron chi connectivity index (χ2n) is 14.3. The lowest BCUT2D eigenvalue weighted by Crippen LogP contribution is -2.42. The lowest BCUT2D eigenvalue weighted by Gasteiger charge is -2.21. The van der Waals surface area contributed by atoms with E-state index in [1.807, 2.05) is 13.8 Å². The Bertz CT molecular complexity index is 1510. The van der Waals surface area contributed by atoms with E-state index in [1.165, 1.54) is 0 Å². The predicted molar refractivity (Wildman–Crippen MR) is 207 cm³/mol. The van der Waals surface area contributed by atoms with E-state index in [0.29, 0.717) is 49.4 Å². The van der Waals surface area contributed by atoms with Crippen LogP contribution < -0.4 is 42.1 Å². The Kier molecular flexibility index (Phi) is 18.0. The molecular formula is C36H58F2N12O6. The quantitative estimate of drug-likeness (QED) is 0.0966. The first-order valence-electron chi connectivity index (χ1n) is 19.2. The van der Waals surface area contributed by atoms with Crippen molar-refractivity contribution in [2.24, 2.45) is 23.7 Å². The maximum atomic E-state index is 14.7. The van der Waals surface area contributed by atoms with Crippen molar-refractivity contribution >= 4 is 47.3 Å². The molecule has 0 saturated heterocycles. The normalized spacial score (nSPS) is 15.1. The van der Waals surface area contributed by atoms with Gasteiger partial charge in [0.2, 0.25) is 23.4 Å². The van der Waals surface area contributed by atoms with Crippen LogP contribution in [0.5, 0.6) is 0 Å². The van der Waals surface area contributed by atoms with Crippen LogP contribution >= 0.6 is 0 Å². The van der Waals surface area contributed by atoms with Crippen molar-refractivity contribution in [3.63, 3.8) is 0 Å². The molecule has 20 heteroatoms. The molecule has 312 valence electrons. The largest absolute Gasteiger partial charge is 0.465 e. The van der Waals surface area contributed by atoms with Crippen molar-refractivity contribution in [1.82, 2.24) is 41.4 Å². The highest BCUT2D eigenvalue weighted by atomic mass is 19.1. The summed E-state index contributed by atoms with van der Waals surface area (Å²) in [6.45, 7) is 8.15. The molecule has 56 heavy (non-hydrogen) atoms. The molecule has 4 rings (SSSR count). The van der Waals surface area contributed by atoms with Gasteiger partial charge in [-0.2, -0.15) is 8.78 Å². The molecule has 2 aromatic heterocycles. The van der Waals surface area contributed by atoms with Gasteiger partial charge in [0.25, 0.3) is 0 Å². The third-order valence-electron chi connectivity index (χ3n) is 10.1. The van der Waals surface area contributed by atoms with Gasteiger partial charge in [-0.25, -0.2) is 29.5 Å².